The van der Waals surface area contributed by atoms with Crippen LogP contribution in [0.15, 0.2) is 36.4 Å². The van der Waals surface area contributed by atoms with Crippen LogP contribution in [0, 0.1) is 0 Å². The number of benzene rings is 1. The van der Waals surface area contributed by atoms with Gasteiger partial charge in [-0.05, 0) is 24.6 Å². The predicted molar refractivity (Wildman–Crippen MR) is 83.6 cm³/mol. The first kappa shape index (κ1) is 16.5. The molecule has 2 rings (SSSR count). The lowest BCUT2D eigenvalue weighted by atomic mass is 10.1. The van der Waals surface area contributed by atoms with E-state index in [4.69, 9.17) is 14.6 Å². The number of hydrogen-bond donors (Lipinski definition) is 2. The lowest BCUT2D eigenvalue weighted by molar-refractivity contribution is -0.123. The van der Waals surface area contributed by atoms with E-state index in [0.29, 0.717) is 19.6 Å². The van der Waals surface area contributed by atoms with Crippen LogP contribution in [-0.4, -0.2) is 36.4 Å². The summed E-state index contributed by atoms with van der Waals surface area (Å²) in [7, 11) is 0. The SMILES string of the molecule is C/C=C/CC(=O)N[C@@H]1COCC[C@H]1Oc1ccc(CO)cc1. The molecule has 5 heteroatoms. The van der Waals surface area contributed by atoms with E-state index in [1.54, 1.807) is 0 Å². The Balaban J connectivity index is 1.94. The molecular formula is C17H23NO4. The third-order valence-corrected chi connectivity index (χ3v) is 3.57. The summed E-state index contributed by atoms with van der Waals surface area (Å²) < 4.78 is 11.4. The van der Waals surface area contributed by atoms with E-state index in [0.717, 1.165) is 17.7 Å². The number of carbonyl (C=O) groups excluding carboxylic acids is 1. The van der Waals surface area contributed by atoms with Gasteiger partial charge in [0.2, 0.25) is 5.91 Å². The number of nitrogens with one attached hydrogen (secondary N) is 1. The quantitative estimate of drug-likeness (QED) is 0.786. The maximum atomic E-state index is 11.9. The highest BCUT2D eigenvalue weighted by Crippen LogP contribution is 2.19. The molecule has 1 saturated heterocycles. The molecule has 1 aliphatic rings. The Morgan fingerprint density at radius 3 is 2.91 bits per heavy atom. The minimum absolute atomic E-state index is 0.0151. The summed E-state index contributed by atoms with van der Waals surface area (Å²) in [5.74, 6) is 0.703. The Kier molecular flexibility index (Phi) is 6.43. The summed E-state index contributed by atoms with van der Waals surface area (Å²) in [6, 6.07) is 7.17. The lowest BCUT2D eigenvalue weighted by Gasteiger charge is -2.32. The van der Waals surface area contributed by atoms with Crippen LogP contribution in [0.25, 0.3) is 0 Å². The standard InChI is InChI=1S/C17H23NO4/c1-2-3-4-17(20)18-15-12-21-10-9-16(15)22-14-7-5-13(11-19)6-8-14/h2-3,5-8,15-16,19H,4,9-12H2,1H3,(H,18,20)/b3-2+/t15-,16-/m1/s1. The Labute approximate surface area is 130 Å². The highest BCUT2D eigenvalue weighted by atomic mass is 16.5. The zero-order valence-corrected chi connectivity index (χ0v) is 12.8. The van der Waals surface area contributed by atoms with Gasteiger partial charge in [-0.15, -0.1) is 0 Å². The van der Waals surface area contributed by atoms with E-state index in [-0.39, 0.29) is 24.7 Å². The molecule has 1 aliphatic heterocycles. The average molecular weight is 305 g/mol. The van der Waals surface area contributed by atoms with Crippen LogP contribution in [0.3, 0.4) is 0 Å². The molecule has 0 saturated carbocycles. The summed E-state index contributed by atoms with van der Waals surface area (Å²) in [5, 5.41) is 12.0. The first-order valence-electron chi connectivity index (χ1n) is 7.57. The minimum Gasteiger partial charge on any atom is -0.488 e. The molecule has 2 atom stereocenters. The van der Waals surface area contributed by atoms with Crippen molar-refractivity contribution in [3.8, 4) is 5.75 Å². The van der Waals surface area contributed by atoms with Crippen molar-refractivity contribution in [2.75, 3.05) is 13.2 Å². The van der Waals surface area contributed by atoms with Gasteiger partial charge in [0.05, 0.1) is 25.9 Å². The molecule has 1 amide bonds. The second-order valence-electron chi connectivity index (χ2n) is 5.27. The largest absolute Gasteiger partial charge is 0.488 e. The first-order chi connectivity index (χ1) is 10.7. The molecule has 2 N–H and O–H groups in total. The average Bonchev–Trinajstić information content (AvgIpc) is 2.55. The van der Waals surface area contributed by atoms with E-state index in [1.807, 2.05) is 43.3 Å². The number of hydrogen-bond acceptors (Lipinski definition) is 4. The Bertz CT molecular complexity index is 498. The second-order valence-corrected chi connectivity index (χ2v) is 5.27. The van der Waals surface area contributed by atoms with Crippen molar-refractivity contribution >= 4 is 5.91 Å². The first-order valence-corrected chi connectivity index (χ1v) is 7.57. The highest BCUT2D eigenvalue weighted by molar-refractivity contribution is 5.77. The monoisotopic (exact) mass is 305 g/mol. The van der Waals surface area contributed by atoms with E-state index < -0.39 is 0 Å². The van der Waals surface area contributed by atoms with Gasteiger partial charge in [-0.25, -0.2) is 0 Å². The smallest absolute Gasteiger partial charge is 0.224 e. The minimum atomic E-state index is -0.149. The zero-order valence-electron chi connectivity index (χ0n) is 12.8. The molecule has 5 nitrogen and oxygen atoms in total. The Morgan fingerprint density at radius 2 is 2.23 bits per heavy atom. The third-order valence-electron chi connectivity index (χ3n) is 3.57. The van der Waals surface area contributed by atoms with Crippen molar-refractivity contribution in [2.45, 2.75) is 38.5 Å². The summed E-state index contributed by atoms with van der Waals surface area (Å²) in [6.45, 7) is 2.99. The lowest BCUT2D eigenvalue weighted by Crippen LogP contribution is -2.51. The number of aliphatic hydroxyl groups excluding tert-OH is 1. The van der Waals surface area contributed by atoms with Crippen LogP contribution in [0.1, 0.15) is 25.3 Å². The Morgan fingerprint density at radius 1 is 1.45 bits per heavy atom. The van der Waals surface area contributed by atoms with E-state index in [9.17, 15) is 4.79 Å². The van der Waals surface area contributed by atoms with Crippen LogP contribution in [0.2, 0.25) is 0 Å². The molecule has 0 bridgehead atoms. The molecule has 0 radical (unpaired) electrons. The molecular weight excluding hydrogens is 282 g/mol. The number of amides is 1. The maximum absolute atomic E-state index is 11.9. The van der Waals surface area contributed by atoms with Crippen molar-refractivity contribution in [1.82, 2.24) is 5.32 Å². The van der Waals surface area contributed by atoms with Crippen LogP contribution >= 0.6 is 0 Å². The topological polar surface area (TPSA) is 67.8 Å². The van der Waals surface area contributed by atoms with Crippen molar-refractivity contribution < 1.29 is 19.4 Å². The fourth-order valence-corrected chi connectivity index (χ4v) is 2.33. The fraction of sp³-hybridized carbons (Fsp3) is 0.471. The highest BCUT2D eigenvalue weighted by Gasteiger charge is 2.28. The van der Waals surface area contributed by atoms with Gasteiger partial charge in [0.15, 0.2) is 0 Å². The second kappa shape index (κ2) is 8.56. The van der Waals surface area contributed by atoms with Crippen LogP contribution < -0.4 is 10.1 Å². The van der Waals surface area contributed by atoms with Crippen molar-refractivity contribution in [3.63, 3.8) is 0 Å². The zero-order chi connectivity index (χ0) is 15.8. The molecule has 0 aromatic heterocycles. The van der Waals surface area contributed by atoms with E-state index >= 15 is 0 Å². The summed E-state index contributed by atoms with van der Waals surface area (Å²) in [5.41, 5.74) is 0.843. The molecule has 0 spiro atoms. The van der Waals surface area contributed by atoms with Crippen molar-refractivity contribution in [1.29, 1.82) is 0 Å². The summed E-state index contributed by atoms with van der Waals surface area (Å²) in [6.07, 6.45) is 4.67. The summed E-state index contributed by atoms with van der Waals surface area (Å²) >= 11 is 0. The normalized spacial score (nSPS) is 21.7. The van der Waals surface area contributed by atoms with E-state index in [1.165, 1.54) is 0 Å². The van der Waals surface area contributed by atoms with Gasteiger partial charge >= 0.3 is 0 Å². The van der Waals surface area contributed by atoms with Crippen LogP contribution in [0.5, 0.6) is 5.75 Å². The van der Waals surface area contributed by atoms with Gasteiger partial charge in [-0.1, -0.05) is 24.3 Å². The number of ether oxygens (including phenoxy) is 2. The molecule has 1 aromatic rings. The van der Waals surface area contributed by atoms with Gasteiger partial charge in [0.25, 0.3) is 0 Å². The van der Waals surface area contributed by atoms with Gasteiger partial charge in [0.1, 0.15) is 11.9 Å². The van der Waals surface area contributed by atoms with Crippen LogP contribution in [-0.2, 0) is 16.1 Å². The van der Waals surface area contributed by atoms with Gasteiger partial charge in [-0.3, -0.25) is 4.79 Å². The predicted octanol–water partition coefficient (Wildman–Crippen LogP) is 1.80. The molecule has 1 heterocycles. The number of aliphatic hydroxyl groups is 1. The van der Waals surface area contributed by atoms with Gasteiger partial charge in [-0.2, -0.15) is 0 Å². The maximum Gasteiger partial charge on any atom is 0.224 e. The molecule has 120 valence electrons. The van der Waals surface area contributed by atoms with Crippen molar-refractivity contribution in [3.05, 3.63) is 42.0 Å². The number of allylic oxidation sites excluding steroid dienone is 1. The van der Waals surface area contributed by atoms with Crippen molar-refractivity contribution in [2.24, 2.45) is 0 Å². The molecule has 1 aromatic carbocycles. The molecule has 0 unspecified atom stereocenters. The van der Waals surface area contributed by atoms with Crippen LogP contribution in [0.4, 0.5) is 0 Å². The molecule has 0 aliphatic carbocycles. The molecule has 1 fully saturated rings. The van der Waals surface area contributed by atoms with Gasteiger partial charge in [0, 0.05) is 12.8 Å². The van der Waals surface area contributed by atoms with Gasteiger partial charge < -0.3 is 19.9 Å². The van der Waals surface area contributed by atoms with E-state index in [2.05, 4.69) is 5.32 Å². The fourth-order valence-electron chi connectivity index (χ4n) is 2.33. The molecule has 22 heavy (non-hydrogen) atoms. The number of rotatable bonds is 6. The third kappa shape index (κ3) is 4.86. The summed E-state index contributed by atoms with van der Waals surface area (Å²) in [4.78, 5) is 11.9. The Hall–Kier alpha value is -1.85. The number of carbonyl (C=O) groups is 1.